The number of nitrogens with zero attached hydrogens (tertiary/aromatic N) is 5. The summed E-state index contributed by atoms with van der Waals surface area (Å²) in [5.74, 6) is 1.01. The van der Waals surface area contributed by atoms with Gasteiger partial charge in [-0.05, 0) is 37.5 Å². The summed E-state index contributed by atoms with van der Waals surface area (Å²) in [5.41, 5.74) is 2.82. The van der Waals surface area contributed by atoms with Crippen LogP contribution in [0.25, 0.3) is 5.69 Å². The lowest BCUT2D eigenvalue weighted by molar-refractivity contribution is -0.120. The lowest BCUT2D eigenvalue weighted by Gasteiger charge is -2.33. The fraction of sp³-hybridized carbons (Fsp3) is 0.280. The van der Waals surface area contributed by atoms with Crippen molar-refractivity contribution in [3.63, 3.8) is 0 Å². The molecule has 2 aliphatic rings. The van der Waals surface area contributed by atoms with Gasteiger partial charge in [0.15, 0.2) is 5.82 Å². The van der Waals surface area contributed by atoms with Crippen molar-refractivity contribution >= 4 is 23.6 Å². The maximum atomic E-state index is 13.3. The van der Waals surface area contributed by atoms with Crippen LogP contribution >= 0.6 is 0 Å². The third-order valence-corrected chi connectivity index (χ3v) is 5.96. The van der Waals surface area contributed by atoms with Gasteiger partial charge in [-0.25, -0.2) is 9.48 Å². The first-order valence-corrected chi connectivity index (χ1v) is 11.2. The molecule has 168 valence electrons. The average Bonchev–Trinajstić information content (AvgIpc) is 3.49. The maximum Gasteiger partial charge on any atom is 0.331 e. The topological polar surface area (TPSA) is 82.8 Å². The molecule has 8 heteroatoms. The predicted octanol–water partition coefficient (Wildman–Crippen LogP) is 3.01. The van der Waals surface area contributed by atoms with Crippen LogP contribution in [0.5, 0.6) is 0 Å². The zero-order chi connectivity index (χ0) is 22.8. The molecular weight excluding hydrogens is 416 g/mol. The number of nitrogens with one attached hydrogen (secondary N) is 1. The molecule has 3 heterocycles. The number of urea groups is 1. The SMILES string of the molecule is CC(CCc1ccccc1)NC(=O)CN1C(=O)N2CCN=C2c2cnn(-c3ccccc3)c21. The van der Waals surface area contributed by atoms with Gasteiger partial charge in [-0.15, -0.1) is 0 Å². The molecule has 5 rings (SSSR count). The molecule has 33 heavy (non-hydrogen) atoms. The van der Waals surface area contributed by atoms with Crippen LogP contribution in [0.15, 0.2) is 71.9 Å². The Bertz CT molecular complexity index is 1190. The summed E-state index contributed by atoms with van der Waals surface area (Å²) in [6.45, 7) is 2.97. The molecule has 0 fully saturated rings. The highest BCUT2D eigenvalue weighted by Crippen LogP contribution is 2.32. The molecule has 2 aliphatic heterocycles. The number of amidine groups is 1. The number of aryl methyl sites for hydroxylation is 1. The minimum absolute atomic E-state index is 0.0139. The van der Waals surface area contributed by atoms with Crippen molar-refractivity contribution in [2.75, 3.05) is 24.5 Å². The van der Waals surface area contributed by atoms with Gasteiger partial charge >= 0.3 is 6.03 Å². The molecule has 0 aliphatic carbocycles. The molecule has 3 amide bonds. The number of anilines is 1. The highest BCUT2D eigenvalue weighted by Gasteiger charge is 2.41. The summed E-state index contributed by atoms with van der Waals surface area (Å²) in [6.07, 6.45) is 3.42. The molecule has 0 bridgehead atoms. The number of aromatic nitrogens is 2. The molecule has 0 radical (unpaired) electrons. The Hall–Kier alpha value is -3.94. The zero-order valence-electron chi connectivity index (χ0n) is 18.5. The quantitative estimate of drug-likeness (QED) is 0.611. The summed E-state index contributed by atoms with van der Waals surface area (Å²) < 4.78 is 1.71. The molecule has 2 aromatic carbocycles. The summed E-state index contributed by atoms with van der Waals surface area (Å²) >= 11 is 0. The standard InChI is InChI=1S/C25H26N6O2/c1-18(12-13-19-8-4-2-5-9-19)28-22(32)17-30-24-21(23-26-14-15-29(23)25(30)33)16-27-31(24)20-10-6-3-7-11-20/h2-11,16,18H,12-15,17H2,1H3,(H,28,32). The summed E-state index contributed by atoms with van der Waals surface area (Å²) in [5, 5.41) is 7.58. The van der Waals surface area contributed by atoms with Gasteiger partial charge in [-0.2, -0.15) is 5.10 Å². The van der Waals surface area contributed by atoms with Crippen molar-refractivity contribution in [2.24, 2.45) is 4.99 Å². The first-order chi connectivity index (χ1) is 16.1. The summed E-state index contributed by atoms with van der Waals surface area (Å²) in [6, 6.07) is 19.5. The van der Waals surface area contributed by atoms with Crippen LogP contribution in [0.3, 0.4) is 0 Å². The largest absolute Gasteiger partial charge is 0.352 e. The molecule has 0 saturated carbocycles. The number of fused-ring (bicyclic) bond motifs is 3. The van der Waals surface area contributed by atoms with E-state index in [4.69, 9.17) is 0 Å². The number of amides is 3. The van der Waals surface area contributed by atoms with Crippen LogP contribution < -0.4 is 10.2 Å². The molecular formula is C25H26N6O2. The monoisotopic (exact) mass is 442 g/mol. The molecule has 1 unspecified atom stereocenters. The number of carbonyl (C=O) groups is 2. The third-order valence-electron chi connectivity index (χ3n) is 5.96. The minimum Gasteiger partial charge on any atom is -0.352 e. The predicted molar refractivity (Wildman–Crippen MR) is 127 cm³/mol. The molecule has 1 N–H and O–H groups in total. The first kappa shape index (κ1) is 20.9. The van der Waals surface area contributed by atoms with E-state index in [1.807, 2.05) is 55.5 Å². The van der Waals surface area contributed by atoms with Gasteiger partial charge in [0.1, 0.15) is 12.4 Å². The second-order valence-electron chi connectivity index (χ2n) is 8.35. The second kappa shape index (κ2) is 8.90. The van der Waals surface area contributed by atoms with Crippen molar-refractivity contribution < 1.29 is 9.59 Å². The Kier molecular flexibility index (Phi) is 5.64. The summed E-state index contributed by atoms with van der Waals surface area (Å²) in [7, 11) is 0. The van der Waals surface area contributed by atoms with E-state index in [9.17, 15) is 9.59 Å². The third kappa shape index (κ3) is 4.11. The van der Waals surface area contributed by atoms with Crippen LogP contribution in [0, 0.1) is 0 Å². The number of rotatable bonds is 7. The Balaban J connectivity index is 1.35. The van der Waals surface area contributed by atoms with Gasteiger partial charge in [0.05, 0.1) is 24.0 Å². The number of carbonyl (C=O) groups excluding carboxylic acids is 2. The van der Waals surface area contributed by atoms with Crippen molar-refractivity contribution in [2.45, 2.75) is 25.8 Å². The van der Waals surface area contributed by atoms with Gasteiger partial charge in [0, 0.05) is 12.6 Å². The van der Waals surface area contributed by atoms with Crippen LogP contribution in [-0.2, 0) is 11.2 Å². The Morgan fingerprint density at radius 3 is 2.58 bits per heavy atom. The van der Waals surface area contributed by atoms with Crippen LogP contribution in [0.4, 0.5) is 10.6 Å². The Labute approximate surface area is 192 Å². The number of hydrogen-bond acceptors (Lipinski definition) is 4. The fourth-order valence-corrected chi connectivity index (χ4v) is 4.32. The smallest absolute Gasteiger partial charge is 0.331 e. The van der Waals surface area contributed by atoms with Gasteiger partial charge < -0.3 is 5.32 Å². The van der Waals surface area contributed by atoms with Gasteiger partial charge in [-0.1, -0.05) is 48.5 Å². The normalized spacial score (nSPS) is 15.7. The van der Waals surface area contributed by atoms with E-state index >= 15 is 0 Å². The minimum atomic E-state index is -0.247. The van der Waals surface area contributed by atoms with Crippen LogP contribution in [-0.4, -0.2) is 58.1 Å². The fourth-order valence-electron chi connectivity index (χ4n) is 4.32. The highest BCUT2D eigenvalue weighted by atomic mass is 16.2. The molecule has 1 atom stereocenters. The van der Waals surface area contributed by atoms with Crippen molar-refractivity contribution in [1.29, 1.82) is 0 Å². The lowest BCUT2D eigenvalue weighted by Crippen LogP contribution is -2.53. The van der Waals surface area contributed by atoms with Crippen molar-refractivity contribution in [3.05, 3.63) is 78.0 Å². The Morgan fingerprint density at radius 1 is 1.09 bits per heavy atom. The lowest BCUT2D eigenvalue weighted by atomic mass is 10.1. The number of para-hydroxylation sites is 1. The van der Waals surface area contributed by atoms with E-state index in [1.54, 1.807) is 15.8 Å². The van der Waals surface area contributed by atoms with Crippen LogP contribution in [0.1, 0.15) is 24.5 Å². The molecule has 8 nitrogen and oxygen atoms in total. The van der Waals surface area contributed by atoms with E-state index in [0.29, 0.717) is 24.7 Å². The molecule has 0 saturated heterocycles. The molecule has 3 aromatic rings. The Morgan fingerprint density at radius 2 is 1.82 bits per heavy atom. The second-order valence-corrected chi connectivity index (χ2v) is 8.35. The summed E-state index contributed by atoms with van der Waals surface area (Å²) in [4.78, 5) is 34.0. The van der Waals surface area contributed by atoms with E-state index in [-0.39, 0.29) is 24.5 Å². The first-order valence-electron chi connectivity index (χ1n) is 11.2. The highest BCUT2D eigenvalue weighted by molar-refractivity contribution is 6.20. The number of hydrogen-bond donors (Lipinski definition) is 1. The zero-order valence-corrected chi connectivity index (χ0v) is 18.5. The van der Waals surface area contributed by atoms with Crippen molar-refractivity contribution in [3.8, 4) is 5.69 Å². The van der Waals surface area contributed by atoms with E-state index in [0.717, 1.165) is 24.1 Å². The number of benzene rings is 2. The van der Waals surface area contributed by atoms with Gasteiger partial charge in [0.25, 0.3) is 0 Å². The number of aliphatic imine (C=N–C) groups is 1. The van der Waals surface area contributed by atoms with Gasteiger partial charge in [0.2, 0.25) is 5.91 Å². The van der Waals surface area contributed by atoms with E-state index in [1.165, 1.54) is 10.5 Å². The van der Waals surface area contributed by atoms with E-state index in [2.05, 4.69) is 27.5 Å². The average molecular weight is 443 g/mol. The molecule has 0 spiro atoms. The maximum absolute atomic E-state index is 13.3. The van der Waals surface area contributed by atoms with Crippen LogP contribution in [0.2, 0.25) is 0 Å². The van der Waals surface area contributed by atoms with Gasteiger partial charge in [-0.3, -0.25) is 19.6 Å². The van der Waals surface area contributed by atoms with E-state index < -0.39 is 0 Å². The molecule has 1 aromatic heterocycles. The van der Waals surface area contributed by atoms with Crippen molar-refractivity contribution in [1.82, 2.24) is 20.0 Å².